The molecule has 4 heteroatoms. The Hall–Kier alpha value is -0.780. The number of anilines is 1. The van der Waals surface area contributed by atoms with Crippen molar-refractivity contribution in [1.82, 2.24) is 0 Å². The number of benzene rings is 1. The van der Waals surface area contributed by atoms with Crippen molar-refractivity contribution in [3.63, 3.8) is 0 Å². The number of halogens is 1. The first-order valence-corrected chi connectivity index (χ1v) is 4.63. The fourth-order valence-electron chi connectivity index (χ4n) is 0.940. The lowest BCUT2D eigenvalue weighted by Gasteiger charge is -2.11. The lowest BCUT2D eigenvalue weighted by atomic mass is 10.2. The molecule has 0 fully saturated rings. The molecule has 0 aliphatic heterocycles. The maximum atomic E-state index is 11.1. The number of rotatable bonds is 2. The zero-order valence-electron chi connectivity index (χ0n) is 7.45. The Labute approximate surface area is 91.4 Å². The maximum Gasteiger partial charge on any atom is 0.347 e. The van der Waals surface area contributed by atoms with E-state index in [9.17, 15) is 4.79 Å². The van der Waals surface area contributed by atoms with E-state index in [0.717, 1.165) is 5.69 Å². The zero-order chi connectivity index (χ0) is 9.84. The van der Waals surface area contributed by atoms with Gasteiger partial charge < -0.3 is 7.97 Å². The maximum absolute atomic E-state index is 11.1. The Morgan fingerprint density at radius 2 is 1.85 bits per heavy atom. The number of carbonyl (C=O) groups excluding carboxylic acids is 1. The van der Waals surface area contributed by atoms with E-state index in [2.05, 4.69) is 3.07 Å². The molecule has 0 aliphatic rings. The SMILES string of the molecule is CN(C)c1ccc(C(=O)OI)cc1. The highest BCUT2D eigenvalue weighted by Crippen LogP contribution is 2.13. The van der Waals surface area contributed by atoms with Crippen LogP contribution < -0.4 is 4.90 Å². The van der Waals surface area contributed by atoms with Crippen LogP contribution in [0.5, 0.6) is 0 Å². The summed E-state index contributed by atoms with van der Waals surface area (Å²) in [4.78, 5) is 13.0. The second-order valence-electron chi connectivity index (χ2n) is 2.81. The summed E-state index contributed by atoms with van der Waals surface area (Å²) in [6, 6.07) is 7.25. The van der Waals surface area contributed by atoms with Crippen molar-refractivity contribution in [1.29, 1.82) is 0 Å². The van der Waals surface area contributed by atoms with Crippen LogP contribution in [0.15, 0.2) is 24.3 Å². The lowest BCUT2D eigenvalue weighted by Crippen LogP contribution is -2.08. The molecule has 0 spiro atoms. The minimum atomic E-state index is -0.314. The highest BCUT2D eigenvalue weighted by atomic mass is 127. The fraction of sp³-hybridized carbons (Fsp3) is 0.222. The van der Waals surface area contributed by atoms with Gasteiger partial charge in [0.15, 0.2) is 23.0 Å². The van der Waals surface area contributed by atoms with E-state index in [0.29, 0.717) is 5.56 Å². The summed E-state index contributed by atoms with van der Waals surface area (Å²) in [7, 11) is 3.90. The van der Waals surface area contributed by atoms with Crippen molar-refractivity contribution in [2.75, 3.05) is 19.0 Å². The molecule has 1 aromatic carbocycles. The number of nitrogens with zero attached hydrogens (tertiary/aromatic N) is 1. The van der Waals surface area contributed by atoms with Crippen LogP contribution in [0.25, 0.3) is 0 Å². The Morgan fingerprint density at radius 3 is 2.23 bits per heavy atom. The van der Waals surface area contributed by atoms with Crippen LogP contribution in [0.4, 0.5) is 5.69 Å². The molecule has 0 unspecified atom stereocenters. The van der Waals surface area contributed by atoms with Crippen LogP contribution in [0, 0.1) is 0 Å². The average molecular weight is 291 g/mol. The molecule has 0 aliphatic carbocycles. The summed E-state index contributed by atoms with van der Waals surface area (Å²) >= 11 is 1.58. The molecule has 13 heavy (non-hydrogen) atoms. The van der Waals surface area contributed by atoms with Crippen LogP contribution in [-0.4, -0.2) is 20.1 Å². The van der Waals surface area contributed by atoms with Crippen molar-refractivity contribution in [3.8, 4) is 0 Å². The van der Waals surface area contributed by atoms with Crippen molar-refractivity contribution in [2.24, 2.45) is 0 Å². The molecule has 3 nitrogen and oxygen atoms in total. The normalized spacial score (nSPS) is 9.46. The third kappa shape index (κ3) is 2.58. The molecule has 0 saturated carbocycles. The predicted octanol–water partition coefficient (Wildman–Crippen LogP) is 2.26. The van der Waals surface area contributed by atoms with E-state index in [1.54, 1.807) is 35.1 Å². The van der Waals surface area contributed by atoms with Gasteiger partial charge in [0.25, 0.3) is 0 Å². The molecular weight excluding hydrogens is 281 g/mol. The van der Waals surface area contributed by atoms with E-state index in [4.69, 9.17) is 0 Å². The summed E-state index contributed by atoms with van der Waals surface area (Å²) in [6.45, 7) is 0. The summed E-state index contributed by atoms with van der Waals surface area (Å²) in [5, 5.41) is 0. The minimum absolute atomic E-state index is 0.314. The van der Waals surface area contributed by atoms with Gasteiger partial charge in [-0.3, -0.25) is 0 Å². The van der Waals surface area contributed by atoms with Gasteiger partial charge in [-0.05, 0) is 24.3 Å². The summed E-state index contributed by atoms with van der Waals surface area (Å²) < 4.78 is 4.55. The van der Waals surface area contributed by atoms with Crippen molar-refractivity contribution >= 4 is 34.7 Å². The van der Waals surface area contributed by atoms with Crippen LogP contribution in [0.3, 0.4) is 0 Å². The first-order chi connectivity index (χ1) is 6.15. The van der Waals surface area contributed by atoms with Gasteiger partial charge in [-0.2, -0.15) is 0 Å². The Balaban J connectivity index is 2.87. The van der Waals surface area contributed by atoms with Crippen LogP contribution >= 0.6 is 23.0 Å². The van der Waals surface area contributed by atoms with Crippen molar-refractivity contribution < 1.29 is 7.86 Å². The molecule has 1 rings (SSSR count). The lowest BCUT2D eigenvalue weighted by molar-refractivity contribution is 0.0800. The molecule has 70 valence electrons. The summed E-state index contributed by atoms with van der Waals surface area (Å²) in [5.74, 6) is -0.314. The van der Waals surface area contributed by atoms with Gasteiger partial charge in [0.05, 0.1) is 5.56 Å². The van der Waals surface area contributed by atoms with E-state index in [1.165, 1.54) is 0 Å². The van der Waals surface area contributed by atoms with Crippen LogP contribution in [0.2, 0.25) is 0 Å². The Bertz CT molecular complexity index is 295. The first kappa shape index (κ1) is 10.3. The Kier molecular flexibility index (Phi) is 3.53. The predicted molar refractivity (Wildman–Crippen MR) is 60.2 cm³/mol. The smallest absolute Gasteiger partial charge is 0.347 e. The van der Waals surface area contributed by atoms with Gasteiger partial charge in [-0.25, -0.2) is 4.79 Å². The molecule has 0 aromatic heterocycles. The molecule has 0 radical (unpaired) electrons. The fourth-order valence-corrected chi connectivity index (χ4v) is 1.19. The monoisotopic (exact) mass is 291 g/mol. The number of carbonyl (C=O) groups is 1. The average Bonchev–Trinajstić information content (AvgIpc) is 2.17. The largest absolute Gasteiger partial charge is 0.391 e. The quantitative estimate of drug-likeness (QED) is 0.783. The van der Waals surface area contributed by atoms with E-state index < -0.39 is 0 Å². The number of hydrogen-bond donors (Lipinski definition) is 0. The van der Waals surface area contributed by atoms with Crippen molar-refractivity contribution in [2.45, 2.75) is 0 Å². The molecule has 0 amide bonds. The van der Waals surface area contributed by atoms with Gasteiger partial charge in [0.2, 0.25) is 0 Å². The van der Waals surface area contributed by atoms with E-state index >= 15 is 0 Å². The molecule has 0 N–H and O–H groups in total. The van der Waals surface area contributed by atoms with Crippen LogP contribution in [0.1, 0.15) is 10.4 Å². The van der Waals surface area contributed by atoms with Gasteiger partial charge >= 0.3 is 5.97 Å². The highest BCUT2D eigenvalue weighted by molar-refractivity contribution is 14.1. The van der Waals surface area contributed by atoms with Gasteiger partial charge in [-0.15, -0.1) is 0 Å². The van der Waals surface area contributed by atoms with Gasteiger partial charge in [0.1, 0.15) is 0 Å². The first-order valence-electron chi connectivity index (χ1n) is 3.75. The third-order valence-corrected chi connectivity index (χ3v) is 2.09. The topological polar surface area (TPSA) is 29.5 Å². The van der Waals surface area contributed by atoms with Crippen LogP contribution in [-0.2, 0) is 3.07 Å². The third-order valence-electron chi connectivity index (χ3n) is 1.69. The van der Waals surface area contributed by atoms with Gasteiger partial charge in [0, 0.05) is 19.8 Å². The standard InChI is InChI=1S/C9H10INO2/c1-11(2)8-5-3-7(4-6-8)9(12)13-10/h3-6H,1-2H3. The highest BCUT2D eigenvalue weighted by Gasteiger charge is 2.05. The zero-order valence-corrected chi connectivity index (χ0v) is 9.61. The Morgan fingerprint density at radius 1 is 1.31 bits per heavy atom. The van der Waals surface area contributed by atoms with Gasteiger partial charge in [-0.1, -0.05) is 0 Å². The molecule has 0 saturated heterocycles. The molecule has 0 atom stereocenters. The molecule has 0 heterocycles. The molecule has 0 bridgehead atoms. The second kappa shape index (κ2) is 4.45. The minimum Gasteiger partial charge on any atom is -0.391 e. The van der Waals surface area contributed by atoms with E-state index in [1.807, 2.05) is 31.1 Å². The number of hydrogen-bond acceptors (Lipinski definition) is 3. The molecular formula is C9H10INO2. The summed E-state index contributed by atoms with van der Waals surface area (Å²) in [6.07, 6.45) is 0. The second-order valence-corrected chi connectivity index (χ2v) is 3.25. The molecule has 1 aromatic rings. The summed E-state index contributed by atoms with van der Waals surface area (Å²) in [5.41, 5.74) is 1.63. The van der Waals surface area contributed by atoms with Crippen molar-refractivity contribution in [3.05, 3.63) is 29.8 Å². The van der Waals surface area contributed by atoms with E-state index in [-0.39, 0.29) is 5.97 Å².